The Balaban J connectivity index is 0.00000364. The first-order valence-electron chi connectivity index (χ1n) is 8.34. The van der Waals surface area contributed by atoms with Crippen molar-refractivity contribution in [1.29, 1.82) is 0 Å². The van der Waals surface area contributed by atoms with Crippen molar-refractivity contribution in [3.63, 3.8) is 0 Å². The summed E-state index contributed by atoms with van der Waals surface area (Å²) in [6.07, 6.45) is 5.28. The van der Waals surface area contributed by atoms with Gasteiger partial charge in [-0.05, 0) is 48.4 Å². The molecule has 151 valence electrons. The number of piperidine rings is 1. The molecular weight excluding hydrogens is 434 g/mol. The van der Waals surface area contributed by atoms with E-state index in [4.69, 9.17) is 29.7 Å². The van der Waals surface area contributed by atoms with Gasteiger partial charge in [0.2, 0.25) is 0 Å². The van der Waals surface area contributed by atoms with Gasteiger partial charge in [0.05, 0.1) is 12.8 Å². The van der Waals surface area contributed by atoms with Gasteiger partial charge in [0.15, 0.2) is 5.76 Å². The second-order valence-electron chi connectivity index (χ2n) is 5.64. The van der Waals surface area contributed by atoms with Crippen molar-refractivity contribution < 1.29 is 21.5 Å². The molecule has 2 rings (SSSR count). The van der Waals surface area contributed by atoms with E-state index in [9.17, 15) is 0 Å². The van der Waals surface area contributed by atoms with Gasteiger partial charge in [-0.3, -0.25) is 25.7 Å². The van der Waals surface area contributed by atoms with E-state index in [2.05, 4.69) is 35.9 Å². The molecular formula is C16H23CuN7OS2. The molecule has 1 fully saturated rings. The van der Waals surface area contributed by atoms with Crippen LogP contribution in [0, 0.1) is 0 Å². The van der Waals surface area contributed by atoms with E-state index in [0.717, 1.165) is 25.4 Å². The van der Waals surface area contributed by atoms with Gasteiger partial charge in [0, 0.05) is 14.1 Å². The largest absolute Gasteiger partial charge is 2.00 e. The number of rotatable bonds is 6. The predicted molar refractivity (Wildman–Crippen MR) is 111 cm³/mol. The Labute approximate surface area is 181 Å². The number of hydrogen-bond donors (Lipinski definition) is 2. The van der Waals surface area contributed by atoms with Crippen molar-refractivity contribution in [3.05, 3.63) is 23.7 Å². The Morgan fingerprint density at radius 2 is 1.78 bits per heavy atom. The van der Waals surface area contributed by atoms with E-state index in [1.54, 1.807) is 14.1 Å². The molecule has 0 spiro atoms. The molecule has 0 bridgehead atoms. The summed E-state index contributed by atoms with van der Waals surface area (Å²) in [5.74, 6) is 1.46. The number of hydrogen-bond acceptors (Lipinski definition) is 8. The van der Waals surface area contributed by atoms with Gasteiger partial charge in [-0.1, -0.05) is 6.42 Å². The fraction of sp³-hybridized carbons (Fsp3) is 0.500. The van der Waals surface area contributed by atoms with Gasteiger partial charge in [0.1, 0.15) is 11.5 Å². The number of nitrogens with zero attached hydrogens (tertiary/aromatic N) is 5. The Bertz CT molecular complexity index is 697. The van der Waals surface area contributed by atoms with Crippen molar-refractivity contribution in [2.24, 2.45) is 20.2 Å². The van der Waals surface area contributed by atoms with Gasteiger partial charge >= 0.3 is 17.1 Å². The van der Waals surface area contributed by atoms with Gasteiger partial charge in [-0.25, -0.2) is 0 Å². The van der Waals surface area contributed by atoms with Crippen LogP contribution in [-0.4, -0.2) is 54.3 Å². The molecule has 8 nitrogen and oxygen atoms in total. The van der Waals surface area contributed by atoms with Crippen LogP contribution in [0.15, 0.2) is 36.7 Å². The summed E-state index contributed by atoms with van der Waals surface area (Å²) in [6.45, 7) is 3.00. The zero-order valence-corrected chi connectivity index (χ0v) is 17.8. The Hall–Kier alpha value is -1.52. The van der Waals surface area contributed by atoms with Gasteiger partial charge in [-0.2, -0.15) is 10.2 Å². The van der Waals surface area contributed by atoms with E-state index in [1.807, 2.05) is 12.1 Å². The minimum absolute atomic E-state index is 0. The number of furan rings is 1. The topological polar surface area (TPSA) is 89.9 Å². The van der Waals surface area contributed by atoms with Crippen LogP contribution in [0.1, 0.15) is 30.8 Å². The fourth-order valence-corrected chi connectivity index (χ4v) is 2.54. The summed E-state index contributed by atoms with van der Waals surface area (Å²) in [7, 11) is 3.17. The van der Waals surface area contributed by atoms with Crippen LogP contribution in [0.5, 0.6) is 0 Å². The van der Waals surface area contributed by atoms with Crippen LogP contribution in [0.4, 0.5) is 0 Å². The fourth-order valence-electron chi connectivity index (χ4n) is 2.44. The zero-order valence-electron chi connectivity index (χ0n) is 15.2. The number of likely N-dealkylation sites (tertiary alicyclic amines) is 1. The third-order valence-electron chi connectivity index (χ3n) is 3.77. The van der Waals surface area contributed by atoms with Crippen molar-refractivity contribution >= 4 is 47.5 Å². The van der Waals surface area contributed by atoms with Crippen LogP contribution in [0.3, 0.4) is 0 Å². The van der Waals surface area contributed by atoms with E-state index >= 15 is 0 Å². The molecule has 0 aliphatic carbocycles. The average Bonchev–Trinajstić information content (AvgIpc) is 3.12. The summed E-state index contributed by atoms with van der Waals surface area (Å²) in [5, 5.41) is 8.77. The Kier molecular flexibility index (Phi) is 11.1. The molecule has 11 heteroatoms. The normalized spacial score (nSPS) is 17.0. The third kappa shape index (κ3) is 8.35. The molecule has 1 radical (unpaired) electrons. The minimum Gasteiger partial charge on any atom is -0.741 e. The van der Waals surface area contributed by atoms with Crippen LogP contribution in [-0.2, 0) is 48.9 Å². The average molecular weight is 457 g/mol. The summed E-state index contributed by atoms with van der Waals surface area (Å²) in [6, 6.07) is 3.82. The van der Waals surface area contributed by atoms with Gasteiger partial charge in [-0.15, -0.1) is 0 Å². The van der Waals surface area contributed by atoms with E-state index in [-0.39, 0.29) is 27.4 Å². The Morgan fingerprint density at radius 3 is 2.44 bits per heavy atom. The minimum atomic E-state index is 0. The smallest absolute Gasteiger partial charge is 0.741 e. The first-order chi connectivity index (χ1) is 12.6. The van der Waals surface area contributed by atoms with Crippen LogP contribution in [0.25, 0.3) is 0 Å². The first kappa shape index (κ1) is 23.5. The molecule has 1 aromatic rings. The summed E-state index contributed by atoms with van der Waals surface area (Å²) < 4.78 is 5.94. The molecule has 2 N–H and O–H groups in total. The maximum atomic E-state index is 5.94. The van der Waals surface area contributed by atoms with Crippen molar-refractivity contribution in [3.8, 4) is 0 Å². The van der Waals surface area contributed by atoms with Crippen LogP contribution < -0.4 is 10.9 Å². The first-order valence-corrected chi connectivity index (χ1v) is 9.16. The molecule has 1 saturated heterocycles. The zero-order chi connectivity index (χ0) is 18.8. The van der Waals surface area contributed by atoms with Crippen LogP contribution >= 0.6 is 0 Å². The quantitative estimate of drug-likeness (QED) is 0.220. The van der Waals surface area contributed by atoms with Crippen molar-refractivity contribution in [1.82, 2.24) is 15.8 Å². The summed E-state index contributed by atoms with van der Waals surface area (Å²) in [4.78, 5) is 10.0. The maximum absolute atomic E-state index is 5.94. The second kappa shape index (κ2) is 12.8. The molecule has 1 aromatic heterocycles. The molecule has 1 aliphatic rings. The number of aliphatic imine (C=N–C) groups is 2. The number of amidine groups is 2. The van der Waals surface area contributed by atoms with E-state index in [1.165, 1.54) is 25.5 Å². The monoisotopic (exact) mass is 456 g/mol. The SMILES string of the molecule is CN=C([S-])N/N=C(/C=N/NC([S-])=NC)c1ccc(CN2CCCCC2)o1.[Cu+2]. The molecule has 1 aliphatic heterocycles. The molecule has 27 heavy (non-hydrogen) atoms. The number of hydrazone groups is 2. The molecule has 2 heterocycles. The summed E-state index contributed by atoms with van der Waals surface area (Å²) in [5.41, 5.74) is 5.77. The van der Waals surface area contributed by atoms with Crippen molar-refractivity contribution in [2.45, 2.75) is 25.8 Å². The molecule has 0 aromatic carbocycles. The Morgan fingerprint density at radius 1 is 1.11 bits per heavy atom. The molecule has 0 saturated carbocycles. The van der Waals surface area contributed by atoms with E-state index < -0.39 is 0 Å². The summed E-state index contributed by atoms with van der Waals surface area (Å²) >= 11 is 9.92. The predicted octanol–water partition coefficient (Wildman–Crippen LogP) is 1.20. The third-order valence-corrected chi connectivity index (χ3v) is 4.32. The molecule has 0 amide bonds. The molecule has 0 atom stereocenters. The van der Waals surface area contributed by atoms with E-state index in [0.29, 0.717) is 11.5 Å². The van der Waals surface area contributed by atoms with Crippen molar-refractivity contribution in [2.75, 3.05) is 27.2 Å². The van der Waals surface area contributed by atoms with Gasteiger partial charge in [0.25, 0.3) is 0 Å². The number of nitrogens with one attached hydrogen (secondary N) is 2. The maximum Gasteiger partial charge on any atom is 2.00 e. The van der Waals surface area contributed by atoms with Gasteiger partial charge < -0.3 is 29.7 Å². The standard InChI is InChI=1S/C16H25N7OS2.Cu/c1-17-15(25)21-19-10-13(20-22-16(26)18-2)14-7-6-12(24-14)11-23-8-4-3-5-9-23;/h6-7,10H,3-5,8-9,11H2,1-2H3,(H2,17,21,25)(H2,18,22,26);/q;+2/p-2/b19-10+,20-13-;. The molecule has 0 unspecified atom stereocenters. The van der Waals surface area contributed by atoms with Crippen LogP contribution in [0.2, 0.25) is 0 Å². The second-order valence-corrected chi connectivity index (χ2v) is 6.41.